The predicted octanol–water partition coefficient (Wildman–Crippen LogP) is 3.44. The van der Waals surface area contributed by atoms with Gasteiger partial charge in [0.2, 0.25) is 0 Å². The van der Waals surface area contributed by atoms with Crippen LogP contribution in [0.4, 0.5) is 13.2 Å². The number of aromatic amines is 1. The van der Waals surface area contributed by atoms with Crippen LogP contribution in [0, 0.1) is 0 Å². The number of aliphatic hydroxyl groups is 1. The summed E-state index contributed by atoms with van der Waals surface area (Å²) in [5.41, 5.74) is 0.110. The highest BCUT2D eigenvalue weighted by Gasteiger charge is 2.32. The number of hydrogen-bond donors (Lipinski definition) is 2. The monoisotopic (exact) mass is 293 g/mol. The fourth-order valence-electron chi connectivity index (χ4n) is 1.49. The topological polar surface area (TPSA) is 36.0 Å². The van der Waals surface area contributed by atoms with Crippen LogP contribution in [0.1, 0.15) is 11.3 Å². The van der Waals surface area contributed by atoms with Gasteiger partial charge < -0.3 is 10.1 Å². The van der Waals surface area contributed by atoms with Crippen molar-refractivity contribution in [1.82, 2.24) is 4.98 Å². The Morgan fingerprint density at radius 2 is 1.94 bits per heavy atom. The van der Waals surface area contributed by atoms with Gasteiger partial charge in [-0.1, -0.05) is 15.9 Å². The molecule has 1 heterocycles. The molecule has 0 saturated heterocycles. The van der Waals surface area contributed by atoms with Gasteiger partial charge in [-0.15, -0.1) is 0 Å². The van der Waals surface area contributed by atoms with E-state index in [-0.39, 0.29) is 6.61 Å². The number of alkyl halides is 3. The molecule has 0 saturated carbocycles. The van der Waals surface area contributed by atoms with Crippen LogP contribution in [0.15, 0.2) is 22.7 Å². The second-order valence-corrected chi connectivity index (χ2v) is 4.23. The number of nitrogens with one attached hydrogen (secondary N) is 1. The van der Waals surface area contributed by atoms with E-state index in [1.807, 2.05) is 0 Å². The first-order valence-electron chi connectivity index (χ1n) is 4.41. The molecule has 0 radical (unpaired) electrons. The average molecular weight is 294 g/mol. The maximum Gasteiger partial charge on any atom is 0.431 e. The zero-order valence-corrected chi connectivity index (χ0v) is 9.48. The predicted molar refractivity (Wildman–Crippen MR) is 56.9 cm³/mol. The van der Waals surface area contributed by atoms with Crippen molar-refractivity contribution < 1.29 is 18.3 Å². The van der Waals surface area contributed by atoms with E-state index in [0.717, 1.165) is 6.07 Å². The van der Waals surface area contributed by atoms with Crippen molar-refractivity contribution >= 4 is 26.8 Å². The Labute approximate surface area is 97.2 Å². The Hall–Kier alpha value is -1.01. The van der Waals surface area contributed by atoms with Crippen LogP contribution in [-0.2, 0) is 12.8 Å². The van der Waals surface area contributed by atoms with Crippen molar-refractivity contribution in [3.8, 4) is 0 Å². The maximum absolute atomic E-state index is 12.4. The van der Waals surface area contributed by atoms with Crippen molar-refractivity contribution in [1.29, 1.82) is 0 Å². The van der Waals surface area contributed by atoms with Gasteiger partial charge in [-0.25, -0.2) is 0 Å². The summed E-state index contributed by atoms with van der Waals surface area (Å²) < 4.78 is 37.9. The molecule has 86 valence electrons. The van der Waals surface area contributed by atoms with Gasteiger partial charge in [-0.05, 0) is 23.8 Å². The highest BCUT2D eigenvalue weighted by Crippen LogP contribution is 2.34. The van der Waals surface area contributed by atoms with Crippen LogP contribution in [0.25, 0.3) is 10.9 Å². The third-order valence-electron chi connectivity index (χ3n) is 2.24. The first kappa shape index (κ1) is 11.5. The first-order valence-corrected chi connectivity index (χ1v) is 5.20. The first-order chi connectivity index (χ1) is 7.41. The van der Waals surface area contributed by atoms with Crippen molar-refractivity contribution in [2.24, 2.45) is 0 Å². The van der Waals surface area contributed by atoms with Gasteiger partial charge in [0.05, 0.1) is 6.61 Å². The lowest BCUT2D eigenvalue weighted by molar-refractivity contribution is -0.140. The third-order valence-corrected chi connectivity index (χ3v) is 2.89. The van der Waals surface area contributed by atoms with Crippen LogP contribution in [0.3, 0.4) is 0 Å². The minimum atomic E-state index is -4.39. The van der Waals surface area contributed by atoms with E-state index in [1.54, 1.807) is 6.07 Å². The van der Waals surface area contributed by atoms with Crippen molar-refractivity contribution in [2.45, 2.75) is 12.8 Å². The lowest BCUT2D eigenvalue weighted by atomic mass is 10.2. The van der Waals surface area contributed by atoms with E-state index < -0.39 is 11.9 Å². The second-order valence-electron chi connectivity index (χ2n) is 3.38. The molecule has 0 aliphatic heterocycles. The van der Waals surface area contributed by atoms with Crippen molar-refractivity contribution in [3.05, 3.63) is 33.9 Å². The second kappa shape index (κ2) is 3.78. The molecule has 2 N–H and O–H groups in total. The van der Waals surface area contributed by atoms with E-state index in [0.29, 0.717) is 20.9 Å². The summed E-state index contributed by atoms with van der Waals surface area (Å²) in [4.78, 5) is 2.28. The molecule has 16 heavy (non-hydrogen) atoms. The van der Waals surface area contributed by atoms with E-state index in [1.165, 1.54) is 6.07 Å². The number of aliphatic hydroxyl groups excluding tert-OH is 1. The van der Waals surface area contributed by atoms with Crippen LogP contribution >= 0.6 is 15.9 Å². The molecule has 0 bridgehead atoms. The van der Waals surface area contributed by atoms with Crippen LogP contribution in [0.2, 0.25) is 0 Å². The van der Waals surface area contributed by atoms with Gasteiger partial charge >= 0.3 is 6.18 Å². The molecule has 0 spiro atoms. The quantitative estimate of drug-likeness (QED) is 0.830. The fraction of sp³-hybridized carbons (Fsp3) is 0.200. The molecule has 0 aliphatic carbocycles. The Morgan fingerprint density at radius 3 is 2.50 bits per heavy atom. The molecule has 1 aromatic heterocycles. The molecule has 0 amide bonds. The largest absolute Gasteiger partial charge is 0.431 e. The molecule has 2 nitrogen and oxygen atoms in total. The standard InChI is InChI=1S/C10H7BrF3NO/c11-7-1-5(4-16)2-8-6(7)3-9(15-8)10(12,13)14/h1-3,15-16H,4H2. The summed E-state index contributed by atoms with van der Waals surface area (Å²) in [6.45, 7) is -0.213. The Balaban J connectivity index is 2.66. The highest BCUT2D eigenvalue weighted by atomic mass is 79.9. The Morgan fingerprint density at radius 1 is 1.25 bits per heavy atom. The lowest BCUT2D eigenvalue weighted by Crippen LogP contribution is -2.04. The van der Waals surface area contributed by atoms with E-state index in [2.05, 4.69) is 20.9 Å². The number of rotatable bonds is 1. The Kier molecular flexibility index (Phi) is 2.71. The molecule has 0 unspecified atom stereocenters. The summed E-state index contributed by atoms with van der Waals surface area (Å²) in [6, 6.07) is 4.13. The zero-order valence-electron chi connectivity index (χ0n) is 7.90. The highest BCUT2D eigenvalue weighted by molar-refractivity contribution is 9.10. The van der Waals surface area contributed by atoms with Crippen molar-refractivity contribution in [2.75, 3.05) is 0 Å². The van der Waals surface area contributed by atoms with Crippen LogP contribution in [-0.4, -0.2) is 10.1 Å². The molecule has 2 rings (SSSR count). The third kappa shape index (κ3) is 1.94. The van der Waals surface area contributed by atoms with Gasteiger partial charge in [-0.3, -0.25) is 0 Å². The van der Waals surface area contributed by atoms with E-state index in [4.69, 9.17) is 5.11 Å². The van der Waals surface area contributed by atoms with Gasteiger partial charge in [0, 0.05) is 15.4 Å². The molecular weight excluding hydrogens is 287 g/mol. The molecule has 1 aromatic carbocycles. The minimum absolute atomic E-state index is 0.213. The summed E-state index contributed by atoms with van der Waals surface area (Å²) in [6.07, 6.45) is -4.39. The molecule has 2 aromatic rings. The van der Waals surface area contributed by atoms with Gasteiger partial charge in [0.25, 0.3) is 0 Å². The average Bonchev–Trinajstić information content (AvgIpc) is 2.61. The number of hydrogen-bond acceptors (Lipinski definition) is 1. The van der Waals surface area contributed by atoms with Gasteiger partial charge in [0.1, 0.15) is 5.69 Å². The fourth-order valence-corrected chi connectivity index (χ4v) is 2.12. The van der Waals surface area contributed by atoms with Gasteiger partial charge in [-0.2, -0.15) is 13.2 Å². The number of benzene rings is 1. The van der Waals surface area contributed by atoms with Crippen molar-refractivity contribution in [3.63, 3.8) is 0 Å². The summed E-state index contributed by atoms with van der Waals surface area (Å²) in [5, 5.41) is 9.38. The summed E-state index contributed by atoms with van der Waals surface area (Å²) >= 11 is 3.17. The molecular formula is C10H7BrF3NO. The zero-order chi connectivity index (χ0) is 11.9. The lowest BCUT2D eigenvalue weighted by Gasteiger charge is -2.00. The smallest absolute Gasteiger partial charge is 0.392 e. The number of H-pyrrole nitrogens is 1. The molecule has 0 atom stereocenters. The maximum atomic E-state index is 12.4. The normalized spacial score (nSPS) is 12.3. The molecule has 6 heteroatoms. The minimum Gasteiger partial charge on any atom is -0.392 e. The van der Waals surface area contributed by atoms with E-state index >= 15 is 0 Å². The SMILES string of the molecule is OCc1cc(Br)c2cc(C(F)(F)F)[nH]c2c1. The number of halogens is 4. The summed E-state index contributed by atoms with van der Waals surface area (Å²) in [7, 11) is 0. The van der Waals surface area contributed by atoms with E-state index in [9.17, 15) is 13.2 Å². The number of fused-ring (bicyclic) bond motifs is 1. The van der Waals surface area contributed by atoms with Crippen LogP contribution in [0.5, 0.6) is 0 Å². The van der Waals surface area contributed by atoms with Crippen LogP contribution < -0.4 is 0 Å². The molecule has 0 fully saturated rings. The molecule has 0 aliphatic rings. The summed E-state index contributed by atoms with van der Waals surface area (Å²) in [5.74, 6) is 0. The van der Waals surface area contributed by atoms with Gasteiger partial charge in [0.15, 0.2) is 0 Å². The Bertz CT molecular complexity index is 533. The number of aromatic nitrogens is 1.